The van der Waals surface area contributed by atoms with Crippen LogP contribution < -0.4 is 51.4 Å². The van der Waals surface area contributed by atoms with Gasteiger partial charge in [-0.05, 0) is 6.42 Å². The van der Waals surface area contributed by atoms with E-state index in [0.29, 0.717) is 6.42 Å². The first-order valence-electron chi connectivity index (χ1n) is 5.97. The Kier molecular flexibility index (Phi) is 15.3. The van der Waals surface area contributed by atoms with Crippen molar-refractivity contribution in [3.8, 4) is 0 Å². The van der Waals surface area contributed by atoms with Crippen LogP contribution in [0, 0.1) is 0 Å². The van der Waals surface area contributed by atoms with Crippen LogP contribution in [0.25, 0.3) is 0 Å². The summed E-state index contributed by atoms with van der Waals surface area (Å²) >= 11 is 0. The molecule has 0 rings (SSSR count). The molecular weight excluding hydrogens is 267 g/mol. The summed E-state index contributed by atoms with van der Waals surface area (Å²) in [6.45, 7) is 2.17. The van der Waals surface area contributed by atoms with Crippen LogP contribution in [0.5, 0.6) is 0 Å². The second-order valence-electron chi connectivity index (χ2n) is 4.16. The molecule has 4 nitrogen and oxygen atoms in total. The second-order valence-corrected chi connectivity index (χ2v) is 5.66. The van der Waals surface area contributed by atoms with Crippen LogP contribution >= 0.6 is 0 Å². The van der Waals surface area contributed by atoms with Crippen molar-refractivity contribution >= 4 is 10.1 Å². The van der Waals surface area contributed by atoms with Gasteiger partial charge in [-0.15, -0.1) is 0 Å². The van der Waals surface area contributed by atoms with Gasteiger partial charge in [0, 0.05) is 7.11 Å². The molecule has 0 radical (unpaired) electrons. The smallest absolute Gasteiger partial charge is 1.00 e. The zero-order valence-electron chi connectivity index (χ0n) is 12.3. The molecule has 0 heterocycles. The van der Waals surface area contributed by atoms with Crippen LogP contribution in [-0.2, 0) is 14.9 Å². The van der Waals surface area contributed by atoms with Crippen LogP contribution in [0.2, 0.25) is 0 Å². The Hall–Kier alpha value is 1.51. The van der Waals surface area contributed by atoms with E-state index in [9.17, 15) is 8.42 Å². The summed E-state index contributed by atoms with van der Waals surface area (Å²) in [5.74, 6) is -0.293. The Morgan fingerprint density at radius 3 is 2.18 bits per heavy atom. The molecular formula is C11H25KO4S. The third-order valence-electron chi connectivity index (χ3n) is 2.61. The van der Waals surface area contributed by atoms with Gasteiger partial charge in [0.2, 0.25) is 0 Å². The van der Waals surface area contributed by atoms with E-state index < -0.39 is 10.1 Å². The third kappa shape index (κ3) is 15.4. The van der Waals surface area contributed by atoms with E-state index in [2.05, 4.69) is 6.92 Å². The van der Waals surface area contributed by atoms with Crippen molar-refractivity contribution in [2.24, 2.45) is 0 Å². The van der Waals surface area contributed by atoms with Crippen LogP contribution in [0.15, 0.2) is 0 Å². The molecule has 0 fully saturated rings. The maximum atomic E-state index is 10.7. The van der Waals surface area contributed by atoms with Gasteiger partial charge in [-0.3, -0.25) is 4.55 Å². The average Bonchev–Trinajstić information content (AvgIpc) is 2.19. The molecule has 1 unspecified atom stereocenters. The zero-order chi connectivity index (χ0) is 12.4. The monoisotopic (exact) mass is 292 g/mol. The molecule has 1 atom stereocenters. The van der Waals surface area contributed by atoms with E-state index in [4.69, 9.17) is 9.29 Å². The maximum Gasteiger partial charge on any atom is 1.00 e. The fraction of sp³-hybridized carbons (Fsp3) is 1.00. The van der Waals surface area contributed by atoms with E-state index in [1.165, 1.54) is 32.8 Å². The molecule has 0 aliphatic carbocycles. The number of hydrogen-bond donors (Lipinski definition) is 1. The van der Waals surface area contributed by atoms with Gasteiger partial charge in [-0.1, -0.05) is 45.4 Å². The molecule has 17 heavy (non-hydrogen) atoms. The molecule has 0 aromatic carbocycles. The molecule has 0 aliphatic rings. The number of methoxy groups -OCH3 is 1. The Morgan fingerprint density at radius 2 is 1.71 bits per heavy atom. The number of hydrogen-bond acceptors (Lipinski definition) is 3. The molecule has 100 valence electrons. The zero-order valence-corrected chi connectivity index (χ0v) is 15.3. The molecule has 0 saturated carbocycles. The van der Waals surface area contributed by atoms with Crippen molar-refractivity contribution in [3.63, 3.8) is 0 Å². The van der Waals surface area contributed by atoms with E-state index in [0.717, 1.165) is 12.8 Å². The first kappa shape index (κ1) is 20.8. The average molecular weight is 292 g/mol. The summed E-state index contributed by atoms with van der Waals surface area (Å²) in [6, 6.07) is 0. The minimum Gasteiger partial charge on any atom is -1.00 e. The van der Waals surface area contributed by atoms with Crippen LogP contribution in [0.4, 0.5) is 0 Å². The summed E-state index contributed by atoms with van der Waals surface area (Å²) in [7, 11) is -2.43. The predicted octanol–water partition coefficient (Wildman–Crippen LogP) is -0.244. The predicted molar refractivity (Wildman–Crippen MR) is 66.3 cm³/mol. The van der Waals surface area contributed by atoms with E-state index in [1.54, 1.807) is 0 Å². The first-order valence-corrected chi connectivity index (χ1v) is 7.58. The largest absolute Gasteiger partial charge is 1.00 e. The Morgan fingerprint density at radius 1 is 1.18 bits per heavy atom. The SMILES string of the molecule is CCCCCCCCC(CS(=O)(=O)O)OC.[H-].[K+]. The molecule has 0 bridgehead atoms. The van der Waals surface area contributed by atoms with E-state index in [1.807, 2.05) is 0 Å². The van der Waals surface area contributed by atoms with Gasteiger partial charge in [0.05, 0.1) is 6.10 Å². The number of ether oxygens (including phenoxy) is 1. The molecule has 1 N–H and O–H groups in total. The van der Waals surface area contributed by atoms with Crippen LogP contribution in [0.3, 0.4) is 0 Å². The summed E-state index contributed by atoms with van der Waals surface area (Å²) in [6.07, 6.45) is 7.30. The standard InChI is InChI=1S/C11H24O4S.K.H/c1-3-4-5-6-7-8-9-11(15-2)10-16(12,13)14;;/h11H,3-10H2,1-2H3,(H,12,13,14);;/q;+1;-1. The van der Waals surface area contributed by atoms with Gasteiger partial charge >= 0.3 is 51.4 Å². The van der Waals surface area contributed by atoms with Crippen molar-refractivity contribution in [3.05, 3.63) is 0 Å². The van der Waals surface area contributed by atoms with Gasteiger partial charge in [-0.2, -0.15) is 8.42 Å². The summed E-state index contributed by atoms with van der Waals surface area (Å²) in [4.78, 5) is 0. The van der Waals surface area contributed by atoms with Gasteiger partial charge in [0.25, 0.3) is 10.1 Å². The molecule has 0 aromatic rings. The van der Waals surface area contributed by atoms with Crippen molar-refractivity contribution < 1.29 is 70.5 Å². The normalized spacial score (nSPS) is 13.1. The summed E-state index contributed by atoms with van der Waals surface area (Å²) in [5, 5.41) is 0. The molecule has 0 aromatic heterocycles. The van der Waals surface area contributed by atoms with Gasteiger partial charge in [0.15, 0.2) is 0 Å². The molecule has 0 amide bonds. The van der Waals surface area contributed by atoms with Crippen molar-refractivity contribution in [2.45, 2.75) is 58.0 Å². The summed E-state index contributed by atoms with van der Waals surface area (Å²) in [5.41, 5.74) is 0. The van der Waals surface area contributed by atoms with Crippen molar-refractivity contribution in [1.29, 1.82) is 0 Å². The molecule has 0 saturated heterocycles. The maximum absolute atomic E-state index is 10.7. The fourth-order valence-corrected chi connectivity index (χ4v) is 2.43. The summed E-state index contributed by atoms with van der Waals surface area (Å²) < 4.78 is 35.0. The van der Waals surface area contributed by atoms with Crippen LogP contribution in [-0.4, -0.2) is 31.9 Å². The molecule has 0 aliphatic heterocycles. The third-order valence-corrected chi connectivity index (χ3v) is 3.40. The number of rotatable bonds is 10. The second kappa shape index (κ2) is 12.5. The van der Waals surface area contributed by atoms with Crippen LogP contribution in [0.1, 0.15) is 53.3 Å². The first-order chi connectivity index (χ1) is 7.49. The van der Waals surface area contributed by atoms with Gasteiger partial charge < -0.3 is 6.16 Å². The van der Waals surface area contributed by atoms with Crippen molar-refractivity contribution in [2.75, 3.05) is 12.9 Å². The Labute approximate surface area is 150 Å². The Bertz CT molecular complexity index is 260. The minimum absolute atomic E-state index is 0. The molecule has 0 spiro atoms. The quantitative estimate of drug-likeness (QED) is 0.343. The molecule has 6 heteroatoms. The van der Waals surface area contributed by atoms with E-state index >= 15 is 0 Å². The van der Waals surface area contributed by atoms with Gasteiger partial charge in [-0.25, -0.2) is 0 Å². The van der Waals surface area contributed by atoms with E-state index in [-0.39, 0.29) is 64.7 Å². The minimum atomic E-state index is -3.91. The van der Waals surface area contributed by atoms with Crippen molar-refractivity contribution in [1.82, 2.24) is 0 Å². The van der Waals surface area contributed by atoms with Gasteiger partial charge in [0.1, 0.15) is 5.75 Å². The topological polar surface area (TPSA) is 63.6 Å². The Balaban J connectivity index is -0.00000112. The fourth-order valence-electron chi connectivity index (χ4n) is 1.66. The number of unbranched alkanes of at least 4 members (excludes halogenated alkanes) is 5.